The molecule has 1 rings (SSSR count). The highest BCUT2D eigenvalue weighted by molar-refractivity contribution is 5.88. The number of carboxylic acids is 1. The van der Waals surface area contributed by atoms with Crippen LogP contribution in [-0.4, -0.2) is 42.1 Å². The van der Waals surface area contributed by atoms with Crippen LogP contribution in [-0.2, 0) is 4.79 Å². The Balaban J connectivity index is 2.78. The molecule has 1 aromatic rings. The quantitative estimate of drug-likeness (QED) is 0.855. The molecule has 0 aliphatic carbocycles. The Morgan fingerprint density at radius 2 is 2.00 bits per heavy atom. The van der Waals surface area contributed by atoms with Crippen molar-refractivity contribution in [2.45, 2.75) is 13.0 Å². The zero-order valence-corrected chi connectivity index (χ0v) is 10.0. The number of hydrogen-bond acceptors (Lipinski definition) is 3. The van der Waals surface area contributed by atoms with Crippen molar-refractivity contribution < 1.29 is 19.4 Å². The largest absolute Gasteiger partial charge is 0.481 e. The Morgan fingerprint density at radius 3 is 2.53 bits per heavy atom. The standard InChI is InChI=1S/C12H15NO4/c1-8(11(14)13(2)3)17-10-6-4-5-9(7-10)12(15)16/h4-8H,1-3H3,(H,15,16). The van der Waals surface area contributed by atoms with Gasteiger partial charge in [-0.1, -0.05) is 6.07 Å². The number of amides is 1. The van der Waals surface area contributed by atoms with Gasteiger partial charge in [0.2, 0.25) is 0 Å². The number of nitrogens with zero attached hydrogens (tertiary/aromatic N) is 1. The summed E-state index contributed by atoms with van der Waals surface area (Å²) >= 11 is 0. The van der Waals surface area contributed by atoms with E-state index >= 15 is 0 Å². The molecule has 1 N–H and O–H groups in total. The van der Waals surface area contributed by atoms with Crippen LogP contribution in [0.3, 0.4) is 0 Å². The minimum Gasteiger partial charge on any atom is -0.481 e. The predicted octanol–water partition coefficient (Wildman–Crippen LogP) is 1.24. The molecule has 0 bridgehead atoms. The highest BCUT2D eigenvalue weighted by Gasteiger charge is 2.16. The Morgan fingerprint density at radius 1 is 1.35 bits per heavy atom. The third-order valence-electron chi connectivity index (χ3n) is 2.18. The highest BCUT2D eigenvalue weighted by Crippen LogP contribution is 2.15. The van der Waals surface area contributed by atoms with Gasteiger partial charge in [0.1, 0.15) is 5.75 Å². The van der Waals surface area contributed by atoms with Gasteiger partial charge in [-0.3, -0.25) is 4.79 Å². The SMILES string of the molecule is CC(Oc1cccc(C(=O)O)c1)C(=O)N(C)C. The molecule has 0 fully saturated rings. The number of ether oxygens (including phenoxy) is 1. The maximum atomic E-state index is 11.6. The molecule has 1 amide bonds. The maximum absolute atomic E-state index is 11.6. The number of aromatic carboxylic acids is 1. The van der Waals surface area contributed by atoms with E-state index in [0.29, 0.717) is 5.75 Å². The molecule has 92 valence electrons. The first kappa shape index (κ1) is 13.0. The number of carboxylic acid groups (broad SMARTS) is 1. The van der Waals surface area contributed by atoms with E-state index in [1.54, 1.807) is 33.2 Å². The van der Waals surface area contributed by atoms with Gasteiger partial charge in [0, 0.05) is 14.1 Å². The molecule has 0 saturated heterocycles. The van der Waals surface area contributed by atoms with Gasteiger partial charge in [-0.05, 0) is 25.1 Å². The van der Waals surface area contributed by atoms with Gasteiger partial charge in [-0.15, -0.1) is 0 Å². The number of carbonyl (C=O) groups is 2. The van der Waals surface area contributed by atoms with Crippen LogP contribution in [0.4, 0.5) is 0 Å². The summed E-state index contributed by atoms with van der Waals surface area (Å²) in [6.07, 6.45) is -0.644. The molecule has 5 heteroatoms. The zero-order chi connectivity index (χ0) is 13.0. The zero-order valence-electron chi connectivity index (χ0n) is 10.0. The summed E-state index contributed by atoms with van der Waals surface area (Å²) in [5.74, 6) is -0.833. The van der Waals surface area contributed by atoms with Crippen LogP contribution >= 0.6 is 0 Å². The lowest BCUT2D eigenvalue weighted by Crippen LogP contribution is -2.35. The summed E-state index contributed by atoms with van der Waals surface area (Å²) in [4.78, 5) is 23.7. The van der Waals surface area contributed by atoms with E-state index in [4.69, 9.17) is 9.84 Å². The van der Waals surface area contributed by atoms with E-state index in [1.807, 2.05) is 0 Å². The van der Waals surface area contributed by atoms with Crippen LogP contribution < -0.4 is 4.74 Å². The number of rotatable bonds is 4. The van der Waals surface area contributed by atoms with Crippen LogP contribution in [0.25, 0.3) is 0 Å². The molecule has 0 aliphatic heterocycles. The van der Waals surface area contributed by atoms with Crippen molar-refractivity contribution in [3.8, 4) is 5.75 Å². The fraction of sp³-hybridized carbons (Fsp3) is 0.333. The molecule has 1 atom stereocenters. The van der Waals surface area contributed by atoms with Crippen LogP contribution in [0, 0.1) is 0 Å². The van der Waals surface area contributed by atoms with Crippen LogP contribution in [0.2, 0.25) is 0 Å². The second kappa shape index (κ2) is 5.34. The molecule has 0 aliphatic rings. The smallest absolute Gasteiger partial charge is 0.335 e. The average Bonchev–Trinajstić information content (AvgIpc) is 2.28. The highest BCUT2D eigenvalue weighted by atomic mass is 16.5. The number of likely N-dealkylation sites (N-methyl/N-ethyl adjacent to an activating group) is 1. The van der Waals surface area contributed by atoms with Gasteiger partial charge < -0.3 is 14.7 Å². The second-order valence-corrected chi connectivity index (χ2v) is 3.83. The maximum Gasteiger partial charge on any atom is 0.335 e. The van der Waals surface area contributed by atoms with E-state index in [0.717, 1.165) is 0 Å². The van der Waals surface area contributed by atoms with Crippen molar-refractivity contribution in [2.75, 3.05) is 14.1 Å². The predicted molar refractivity (Wildman–Crippen MR) is 62.2 cm³/mol. The van der Waals surface area contributed by atoms with Gasteiger partial charge in [-0.2, -0.15) is 0 Å². The molecule has 0 radical (unpaired) electrons. The topological polar surface area (TPSA) is 66.8 Å². The summed E-state index contributed by atoms with van der Waals surface area (Å²) in [5.41, 5.74) is 0.131. The second-order valence-electron chi connectivity index (χ2n) is 3.83. The Kier molecular flexibility index (Phi) is 4.09. The summed E-state index contributed by atoms with van der Waals surface area (Å²) < 4.78 is 5.37. The Labute approximate surface area is 99.6 Å². The van der Waals surface area contributed by atoms with E-state index < -0.39 is 12.1 Å². The first-order chi connectivity index (χ1) is 7.91. The van der Waals surface area contributed by atoms with Gasteiger partial charge in [0.05, 0.1) is 5.56 Å². The Hall–Kier alpha value is -2.04. The lowest BCUT2D eigenvalue weighted by atomic mass is 10.2. The van der Waals surface area contributed by atoms with Gasteiger partial charge in [-0.25, -0.2) is 4.79 Å². The van der Waals surface area contributed by atoms with E-state index in [-0.39, 0.29) is 11.5 Å². The first-order valence-electron chi connectivity index (χ1n) is 5.13. The third kappa shape index (κ3) is 3.48. The number of carbonyl (C=O) groups excluding carboxylic acids is 1. The molecular weight excluding hydrogens is 222 g/mol. The van der Waals surface area contributed by atoms with Crippen molar-refractivity contribution in [1.29, 1.82) is 0 Å². The van der Waals surface area contributed by atoms with Gasteiger partial charge >= 0.3 is 5.97 Å². The van der Waals surface area contributed by atoms with Crippen LogP contribution in [0.1, 0.15) is 17.3 Å². The minimum atomic E-state index is -1.03. The molecule has 17 heavy (non-hydrogen) atoms. The lowest BCUT2D eigenvalue weighted by molar-refractivity contribution is -0.135. The van der Waals surface area contributed by atoms with Crippen molar-refractivity contribution in [3.63, 3.8) is 0 Å². The molecule has 1 unspecified atom stereocenters. The Bertz CT molecular complexity index is 428. The third-order valence-corrected chi connectivity index (χ3v) is 2.18. The van der Waals surface area contributed by atoms with E-state index in [9.17, 15) is 9.59 Å². The summed E-state index contributed by atoms with van der Waals surface area (Å²) in [6.45, 7) is 1.62. The molecular formula is C12H15NO4. The van der Waals surface area contributed by atoms with Crippen molar-refractivity contribution in [3.05, 3.63) is 29.8 Å². The lowest BCUT2D eigenvalue weighted by Gasteiger charge is -2.18. The molecule has 5 nitrogen and oxygen atoms in total. The summed E-state index contributed by atoms with van der Waals surface area (Å²) in [7, 11) is 3.27. The molecule has 1 aromatic carbocycles. The first-order valence-corrected chi connectivity index (χ1v) is 5.13. The van der Waals surface area contributed by atoms with E-state index in [2.05, 4.69) is 0 Å². The summed E-state index contributed by atoms with van der Waals surface area (Å²) in [5, 5.41) is 8.81. The van der Waals surface area contributed by atoms with E-state index in [1.165, 1.54) is 17.0 Å². The molecule has 0 aromatic heterocycles. The fourth-order valence-electron chi connectivity index (χ4n) is 1.32. The fourth-order valence-corrected chi connectivity index (χ4v) is 1.32. The number of hydrogen-bond donors (Lipinski definition) is 1. The molecule has 0 saturated carbocycles. The summed E-state index contributed by atoms with van der Waals surface area (Å²) in [6, 6.07) is 6.05. The van der Waals surface area contributed by atoms with Crippen LogP contribution in [0.15, 0.2) is 24.3 Å². The van der Waals surface area contributed by atoms with Crippen molar-refractivity contribution in [1.82, 2.24) is 4.90 Å². The van der Waals surface area contributed by atoms with Crippen molar-refractivity contribution >= 4 is 11.9 Å². The van der Waals surface area contributed by atoms with Gasteiger partial charge in [0.25, 0.3) is 5.91 Å². The van der Waals surface area contributed by atoms with Gasteiger partial charge in [0.15, 0.2) is 6.10 Å². The minimum absolute atomic E-state index is 0.131. The molecule has 0 spiro atoms. The average molecular weight is 237 g/mol. The number of benzene rings is 1. The van der Waals surface area contributed by atoms with Crippen LogP contribution in [0.5, 0.6) is 5.75 Å². The van der Waals surface area contributed by atoms with Crippen molar-refractivity contribution in [2.24, 2.45) is 0 Å². The molecule has 0 heterocycles. The normalized spacial score (nSPS) is 11.7. The monoisotopic (exact) mass is 237 g/mol.